The Bertz CT molecular complexity index is 1050. The molecule has 8 heteroatoms. The molecule has 0 spiro atoms. The second kappa shape index (κ2) is 12.4. The number of pyridine rings is 3. The first-order chi connectivity index (χ1) is 16.1. The van der Waals surface area contributed by atoms with Crippen molar-refractivity contribution in [2.75, 3.05) is 31.5 Å². The van der Waals surface area contributed by atoms with Gasteiger partial charge in [0.1, 0.15) is 5.69 Å². The van der Waals surface area contributed by atoms with Crippen molar-refractivity contribution in [1.82, 2.24) is 25.2 Å². The lowest BCUT2D eigenvalue weighted by molar-refractivity contribution is 0.0946. The first-order valence-electron chi connectivity index (χ1n) is 11.2. The van der Waals surface area contributed by atoms with Gasteiger partial charge in [0.15, 0.2) is 0 Å². The number of nitrogens with zero attached hydrogens (tertiary/aromatic N) is 4. The molecule has 0 unspecified atom stereocenters. The van der Waals surface area contributed by atoms with Crippen LogP contribution in [0.15, 0.2) is 61.1 Å². The second-order valence-electron chi connectivity index (χ2n) is 7.55. The molecule has 172 valence electrons. The zero-order valence-corrected chi connectivity index (χ0v) is 19.1. The minimum Gasteiger partial charge on any atom is -0.351 e. The largest absolute Gasteiger partial charge is 0.351 e. The lowest BCUT2D eigenvalue weighted by Crippen LogP contribution is -2.30. The summed E-state index contributed by atoms with van der Waals surface area (Å²) in [5.74, 6) is -0.412. The Morgan fingerprint density at radius 1 is 0.939 bits per heavy atom. The molecule has 0 saturated carbocycles. The second-order valence-corrected chi connectivity index (χ2v) is 7.55. The van der Waals surface area contributed by atoms with E-state index in [1.807, 2.05) is 12.1 Å². The summed E-state index contributed by atoms with van der Waals surface area (Å²) in [4.78, 5) is 40.1. The molecule has 8 nitrogen and oxygen atoms in total. The van der Waals surface area contributed by atoms with E-state index in [2.05, 4.69) is 44.3 Å². The van der Waals surface area contributed by atoms with Crippen LogP contribution >= 0.6 is 0 Å². The fraction of sp³-hybridized carbons (Fsp3) is 0.320. The van der Waals surface area contributed by atoms with Crippen molar-refractivity contribution >= 4 is 17.5 Å². The van der Waals surface area contributed by atoms with Gasteiger partial charge in [-0.2, -0.15) is 0 Å². The van der Waals surface area contributed by atoms with E-state index in [-0.39, 0.29) is 11.8 Å². The highest BCUT2D eigenvalue weighted by molar-refractivity contribution is 6.04. The molecule has 3 aromatic rings. The monoisotopic (exact) mass is 446 g/mol. The molecule has 2 N–H and O–H groups in total. The Labute approximate surface area is 194 Å². The summed E-state index contributed by atoms with van der Waals surface area (Å²) < 4.78 is 0. The van der Waals surface area contributed by atoms with E-state index in [1.165, 1.54) is 0 Å². The van der Waals surface area contributed by atoms with Gasteiger partial charge in [-0.15, -0.1) is 0 Å². The van der Waals surface area contributed by atoms with Crippen LogP contribution in [-0.2, 0) is 6.42 Å². The molecule has 3 heterocycles. The zero-order valence-electron chi connectivity index (χ0n) is 19.1. The average molecular weight is 447 g/mol. The highest BCUT2D eigenvalue weighted by Crippen LogP contribution is 2.11. The van der Waals surface area contributed by atoms with Crippen molar-refractivity contribution in [2.24, 2.45) is 0 Å². The Balaban J connectivity index is 1.58. The number of anilines is 1. The molecule has 0 radical (unpaired) electrons. The van der Waals surface area contributed by atoms with Gasteiger partial charge in [0.2, 0.25) is 0 Å². The van der Waals surface area contributed by atoms with Gasteiger partial charge in [-0.25, -0.2) is 4.98 Å². The van der Waals surface area contributed by atoms with E-state index in [9.17, 15) is 9.59 Å². The van der Waals surface area contributed by atoms with E-state index in [0.29, 0.717) is 41.3 Å². The van der Waals surface area contributed by atoms with Crippen LogP contribution < -0.4 is 10.6 Å². The van der Waals surface area contributed by atoms with E-state index >= 15 is 0 Å². The fourth-order valence-electron chi connectivity index (χ4n) is 3.38. The van der Waals surface area contributed by atoms with Crippen LogP contribution in [-0.4, -0.2) is 57.8 Å². The molecule has 33 heavy (non-hydrogen) atoms. The number of carbonyl (C=O) groups excluding carboxylic acids is 2. The molecule has 3 aromatic heterocycles. The quantitative estimate of drug-likeness (QED) is 0.439. The summed E-state index contributed by atoms with van der Waals surface area (Å²) in [6.45, 7) is 7.85. The average Bonchev–Trinajstić information content (AvgIpc) is 2.85. The van der Waals surface area contributed by atoms with E-state index in [0.717, 1.165) is 26.1 Å². The summed E-state index contributed by atoms with van der Waals surface area (Å²) in [5.41, 5.74) is 2.96. The lowest BCUT2D eigenvalue weighted by Gasteiger charge is -2.17. The maximum Gasteiger partial charge on any atom is 0.269 e. The van der Waals surface area contributed by atoms with Crippen LogP contribution in [0.2, 0.25) is 0 Å². The van der Waals surface area contributed by atoms with Crippen LogP contribution in [0.1, 0.15) is 52.5 Å². The molecule has 3 rings (SSSR count). The minimum absolute atomic E-state index is 0.185. The van der Waals surface area contributed by atoms with Gasteiger partial charge in [0.05, 0.1) is 0 Å². The molecule has 0 atom stereocenters. The predicted octanol–water partition coefficient (Wildman–Crippen LogP) is 3.18. The standard InChI is InChI=1S/C25H30N6O2/c1-3-31(4-2)16-6-12-28-25(33)23-8-5-7-21(29-23)18-22-17-19(9-15-27-22)24(32)30-20-10-13-26-14-11-20/h5,7-11,13-15,17H,3-4,6,12,16,18H2,1-2H3,(H,28,33)(H,26,30,32). The van der Waals surface area contributed by atoms with Crippen molar-refractivity contribution in [3.63, 3.8) is 0 Å². The summed E-state index contributed by atoms with van der Waals surface area (Å²) in [6, 6.07) is 12.2. The van der Waals surface area contributed by atoms with Crippen molar-refractivity contribution in [3.8, 4) is 0 Å². The highest BCUT2D eigenvalue weighted by atomic mass is 16.2. The Hall–Kier alpha value is -3.65. The Kier molecular flexibility index (Phi) is 9.02. The summed E-state index contributed by atoms with van der Waals surface area (Å²) in [7, 11) is 0. The third-order valence-electron chi connectivity index (χ3n) is 5.25. The number of rotatable bonds is 11. The number of hydrogen-bond acceptors (Lipinski definition) is 6. The maximum absolute atomic E-state index is 12.5. The highest BCUT2D eigenvalue weighted by Gasteiger charge is 2.11. The third-order valence-corrected chi connectivity index (χ3v) is 5.25. The topological polar surface area (TPSA) is 100 Å². The number of hydrogen-bond donors (Lipinski definition) is 2. The van der Waals surface area contributed by atoms with Gasteiger partial charge in [-0.05, 0) is 62.5 Å². The first kappa shape index (κ1) is 24.0. The SMILES string of the molecule is CCN(CC)CCCNC(=O)c1cccc(Cc2cc(C(=O)Nc3ccncc3)ccn2)n1. The normalized spacial score (nSPS) is 10.8. The number of nitrogens with one attached hydrogen (secondary N) is 2. The van der Waals surface area contributed by atoms with E-state index < -0.39 is 0 Å². The van der Waals surface area contributed by atoms with Crippen LogP contribution in [0, 0.1) is 0 Å². The number of carbonyl (C=O) groups is 2. The van der Waals surface area contributed by atoms with Crippen molar-refractivity contribution in [2.45, 2.75) is 26.7 Å². The van der Waals surface area contributed by atoms with Crippen molar-refractivity contribution < 1.29 is 9.59 Å². The fourth-order valence-corrected chi connectivity index (χ4v) is 3.38. The molecule has 0 aliphatic rings. The van der Waals surface area contributed by atoms with Crippen LogP contribution in [0.4, 0.5) is 5.69 Å². The molecular formula is C25H30N6O2. The predicted molar refractivity (Wildman–Crippen MR) is 128 cm³/mol. The summed E-state index contributed by atoms with van der Waals surface area (Å²) in [6.07, 6.45) is 6.15. The maximum atomic E-state index is 12.5. The van der Waals surface area contributed by atoms with Crippen molar-refractivity contribution in [1.29, 1.82) is 0 Å². The molecule has 0 aliphatic heterocycles. The van der Waals surface area contributed by atoms with E-state index in [4.69, 9.17) is 0 Å². The van der Waals surface area contributed by atoms with Gasteiger partial charge in [0, 0.05) is 54.2 Å². The number of amides is 2. The van der Waals surface area contributed by atoms with Gasteiger partial charge in [-0.1, -0.05) is 19.9 Å². The molecule has 0 saturated heterocycles. The van der Waals surface area contributed by atoms with Crippen molar-refractivity contribution in [3.05, 3.63) is 83.7 Å². The van der Waals surface area contributed by atoms with Gasteiger partial charge in [-0.3, -0.25) is 19.6 Å². The van der Waals surface area contributed by atoms with Gasteiger partial charge >= 0.3 is 0 Å². The molecule has 0 aliphatic carbocycles. The summed E-state index contributed by atoms with van der Waals surface area (Å²) >= 11 is 0. The van der Waals surface area contributed by atoms with E-state index in [1.54, 1.807) is 48.9 Å². The van der Waals surface area contributed by atoms with Crippen LogP contribution in [0.25, 0.3) is 0 Å². The molecule has 0 bridgehead atoms. The molecule has 0 fully saturated rings. The van der Waals surface area contributed by atoms with Gasteiger partial charge in [0.25, 0.3) is 11.8 Å². The van der Waals surface area contributed by atoms with Crippen LogP contribution in [0.3, 0.4) is 0 Å². The number of aromatic nitrogens is 3. The Morgan fingerprint density at radius 3 is 2.48 bits per heavy atom. The van der Waals surface area contributed by atoms with Gasteiger partial charge < -0.3 is 15.5 Å². The molecule has 0 aromatic carbocycles. The molecular weight excluding hydrogens is 416 g/mol. The minimum atomic E-state index is -0.226. The van der Waals surface area contributed by atoms with Crippen LogP contribution in [0.5, 0.6) is 0 Å². The smallest absolute Gasteiger partial charge is 0.269 e. The molecule has 2 amide bonds. The Morgan fingerprint density at radius 2 is 1.73 bits per heavy atom. The zero-order chi connectivity index (χ0) is 23.5. The summed E-state index contributed by atoms with van der Waals surface area (Å²) in [5, 5.41) is 5.77. The lowest BCUT2D eigenvalue weighted by atomic mass is 10.1. The third kappa shape index (κ3) is 7.47. The first-order valence-corrected chi connectivity index (χ1v) is 11.2.